The standard InChI is InChI=1S/C17H17N5O/c1-19-14(7-8-18)13-9-15-16(20-10-13)21-17(23)22(15)11-12-5-3-2-4-6-12/h2-10,18-19H,11H2,1H3,(H,20,21,23)/b14-7-,18-8?. The number of pyridine rings is 1. The largest absolute Gasteiger partial charge is 0.388 e. The third kappa shape index (κ3) is 2.91. The lowest BCUT2D eigenvalue weighted by Gasteiger charge is -2.07. The van der Waals surface area contributed by atoms with Crippen LogP contribution in [-0.4, -0.2) is 27.8 Å². The van der Waals surface area contributed by atoms with Crippen LogP contribution in [0.3, 0.4) is 0 Å². The first kappa shape index (κ1) is 14.8. The summed E-state index contributed by atoms with van der Waals surface area (Å²) in [6.45, 7) is 0.480. The van der Waals surface area contributed by atoms with Crippen LogP contribution in [0, 0.1) is 5.41 Å². The van der Waals surface area contributed by atoms with E-state index in [0.717, 1.165) is 22.3 Å². The van der Waals surface area contributed by atoms with Gasteiger partial charge in [0.05, 0.1) is 12.1 Å². The molecule has 0 amide bonds. The van der Waals surface area contributed by atoms with Gasteiger partial charge in [0.25, 0.3) is 0 Å². The highest BCUT2D eigenvalue weighted by atomic mass is 16.1. The van der Waals surface area contributed by atoms with Crippen molar-refractivity contribution in [2.45, 2.75) is 6.54 Å². The quantitative estimate of drug-likeness (QED) is 0.630. The number of rotatable bonds is 5. The van der Waals surface area contributed by atoms with Gasteiger partial charge in [-0.25, -0.2) is 9.78 Å². The van der Waals surface area contributed by atoms with Gasteiger partial charge in [-0.1, -0.05) is 30.3 Å². The average Bonchev–Trinajstić information content (AvgIpc) is 2.89. The lowest BCUT2D eigenvalue weighted by atomic mass is 10.2. The molecule has 0 radical (unpaired) electrons. The smallest absolute Gasteiger partial charge is 0.327 e. The summed E-state index contributed by atoms with van der Waals surface area (Å²) in [7, 11) is 1.79. The molecule has 3 aromatic rings. The molecule has 2 heterocycles. The van der Waals surface area contributed by atoms with Gasteiger partial charge in [-0.15, -0.1) is 0 Å². The third-order valence-electron chi connectivity index (χ3n) is 3.64. The highest BCUT2D eigenvalue weighted by Gasteiger charge is 2.10. The van der Waals surface area contributed by atoms with E-state index in [4.69, 9.17) is 5.41 Å². The van der Waals surface area contributed by atoms with Gasteiger partial charge in [-0.2, -0.15) is 0 Å². The van der Waals surface area contributed by atoms with Crippen LogP contribution in [0.4, 0.5) is 0 Å². The van der Waals surface area contributed by atoms with Crippen molar-refractivity contribution in [2.75, 3.05) is 7.05 Å². The van der Waals surface area contributed by atoms with Gasteiger partial charge in [-0.05, 0) is 17.7 Å². The van der Waals surface area contributed by atoms with E-state index in [1.54, 1.807) is 23.9 Å². The number of fused-ring (bicyclic) bond motifs is 1. The molecule has 2 aromatic heterocycles. The number of hydrogen-bond acceptors (Lipinski definition) is 4. The Labute approximate surface area is 133 Å². The summed E-state index contributed by atoms with van der Waals surface area (Å²) in [4.78, 5) is 19.3. The molecule has 0 atom stereocenters. The fourth-order valence-corrected chi connectivity index (χ4v) is 2.51. The Morgan fingerprint density at radius 3 is 2.87 bits per heavy atom. The minimum Gasteiger partial charge on any atom is -0.388 e. The molecule has 0 aliphatic heterocycles. The Balaban J connectivity index is 2.11. The fourth-order valence-electron chi connectivity index (χ4n) is 2.51. The molecule has 23 heavy (non-hydrogen) atoms. The lowest BCUT2D eigenvalue weighted by molar-refractivity contribution is 0.787. The third-order valence-corrected chi connectivity index (χ3v) is 3.64. The minimum absolute atomic E-state index is 0.185. The van der Waals surface area contributed by atoms with Crippen molar-refractivity contribution in [3.05, 3.63) is 70.3 Å². The Bertz CT molecular complexity index is 921. The maximum absolute atomic E-state index is 12.2. The first-order valence-corrected chi connectivity index (χ1v) is 7.24. The number of nitrogens with one attached hydrogen (secondary N) is 3. The molecule has 1 aromatic carbocycles. The van der Waals surface area contributed by atoms with Gasteiger partial charge in [0.15, 0.2) is 5.65 Å². The summed E-state index contributed by atoms with van der Waals surface area (Å²) >= 11 is 0. The zero-order valence-electron chi connectivity index (χ0n) is 12.7. The van der Waals surface area contributed by atoms with Crippen LogP contribution in [0.25, 0.3) is 16.9 Å². The SMILES string of the molecule is CN/C(=C\C=N)c1cnc2[nH]c(=O)n(Cc3ccccc3)c2c1. The second-order valence-corrected chi connectivity index (χ2v) is 5.09. The normalized spacial score (nSPS) is 11.6. The first-order valence-electron chi connectivity index (χ1n) is 7.24. The van der Waals surface area contributed by atoms with Crippen molar-refractivity contribution in [2.24, 2.45) is 0 Å². The van der Waals surface area contributed by atoms with Crippen molar-refractivity contribution < 1.29 is 0 Å². The van der Waals surface area contributed by atoms with E-state index in [9.17, 15) is 4.79 Å². The zero-order valence-corrected chi connectivity index (χ0v) is 12.7. The molecule has 6 heteroatoms. The van der Waals surface area contributed by atoms with Gasteiger partial charge >= 0.3 is 5.69 Å². The van der Waals surface area contributed by atoms with E-state index < -0.39 is 0 Å². The minimum atomic E-state index is -0.185. The topological polar surface area (TPSA) is 86.6 Å². The molecular formula is C17H17N5O. The summed E-state index contributed by atoms with van der Waals surface area (Å²) < 4.78 is 1.67. The van der Waals surface area contributed by atoms with E-state index in [-0.39, 0.29) is 5.69 Å². The predicted octanol–water partition coefficient (Wildman–Crippen LogP) is 1.98. The molecule has 0 saturated carbocycles. The Hall–Kier alpha value is -3.15. The van der Waals surface area contributed by atoms with Crippen LogP contribution in [0.15, 0.2) is 53.5 Å². The van der Waals surface area contributed by atoms with Crippen molar-refractivity contribution in [1.29, 1.82) is 5.41 Å². The molecule has 0 fully saturated rings. The van der Waals surface area contributed by atoms with E-state index >= 15 is 0 Å². The van der Waals surface area contributed by atoms with E-state index in [2.05, 4.69) is 15.3 Å². The van der Waals surface area contributed by atoms with Gasteiger partial charge in [0.1, 0.15) is 0 Å². The molecule has 3 rings (SSSR count). The Kier molecular flexibility index (Phi) is 4.05. The molecule has 0 bridgehead atoms. The van der Waals surface area contributed by atoms with Crippen molar-refractivity contribution >= 4 is 23.1 Å². The van der Waals surface area contributed by atoms with Crippen molar-refractivity contribution in [3.63, 3.8) is 0 Å². The predicted molar refractivity (Wildman–Crippen MR) is 91.7 cm³/mol. The van der Waals surface area contributed by atoms with Gasteiger partial charge < -0.3 is 10.7 Å². The molecular weight excluding hydrogens is 290 g/mol. The van der Waals surface area contributed by atoms with E-state index in [1.807, 2.05) is 36.4 Å². The summed E-state index contributed by atoms with van der Waals surface area (Å²) in [5, 5.41) is 10.3. The maximum Gasteiger partial charge on any atom is 0.327 e. The molecule has 116 valence electrons. The number of benzene rings is 1. The molecule has 0 aliphatic carbocycles. The zero-order chi connectivity index (χ0) is 16.2. The molecule has 3 N–H and O–H groups in total. The number of H-pyrrole nitrogens is 1. The first-order chi connectivity index (χ1) is 11.2. The second kappa shape index (κ2) is 6.31. The summed E-state index contributed by atoms with van der Waals surface area (Å²) in [6, 6.07) is 11.7. The summed E-state index contributed by atoms with van der Waals surface area (Å²) in [5.41, 5.74) is 3.75. The number of allylic oxidation sites excluding steroid dienone is 1. The number of hydrogen-bond donors (Lipinski definition) is 3. The van der Waals surface area contributed by atoms with Gasteiger partial charge in [0, 0.05) is 30.7 Å². The van der Waals surface area contributed by atoms with E-state index in [0.29, 0.717) is 12.2 Å². The Morgan fingerprint density at radius 2 is 2.17 bits per heavy atom. The molecule has 0 aliphatic rings. The summed E-state index contributed by atoms with van der Waals surface area (Å²) in [5.74, 6) is 0. The van der Waals surface area contributed by atoms with Crippen LogP contribution in [0.1, 0.15) is 11.1 Å². The number of nitrogens with zero attached hydrogens (tertiary/aromatic N) is 2. The highest BCUT2D eigenvalue weighted by Crippen LogP contribution is 2.16. The second-order valence-electron chi connectivity index (χ2n) is 5.09. The van der Waals surface area contributed by atoms with Gasteiger partial charge in [0.2, 0.25) is 0 Å². The number of aromatic nitrogens is 3. The van der Waals surface area contributed by atoms with Crippen LogP contribution >= 0.6 is 0 Å². The van der Waals surface area contributed by atoms with E-state index in [1.165, 1.54) is 6.21 Å². The van der Waals surface area contributed by atoms with Crippen LogP contribution < -0.4 is 11.0 Å². The summed E-state index contributed by atoms with van der Waals surface area (Å²) in [6.07, 6.45) is 4.54. The number of aromatic amines is 1. The van der Waals surface area contributed by atoms with Crippen molar-refractivity contribution in [3.8, 4) is 0 Å². The van der Waals surface area contributed by atoms with Crippen LogP contribution in [-0.2, 0) is 6.54 Å². The van der Waals surface area contributed by atoms with Crippen molar-refractivity contribution in [1.82, 2.24) is 19.9 Å². The van der Waals surface area contributed by atoms with Gasteiger partial charge in [-0.3, -0.25) is 9.55 Å². The maximum atomic E-state index is 12.2. The monoisotopic (exact) mass is 307 g/mol. The van der Waals surface area contributed by atoms with Crippen LogP contribution in [0.2, 0.25) is 0 Å². The van der Waals surface area contributed by atoms with Crippen LogP contribution in [0.5, 0.6) is 0 Å². The average molecular weight is 307 g/mol. The molecule has 0 saturated heterocycles. The fraction of sp³-hybridized carbons (Fsp3) is 0.118. The molecule has 6 nitrogen and oxygen atoms in total. The Morgan fingerprint density at radius 1 is 1.39 bits per heavy atom. The lowest BCUT2D eigenvalue weighted by Crippen LogP contribution is -2.17. The number of imidazole rings is 1. The molecule has 0 spiro atoms. The highest BCUT2D eigenvalue weighted by molar-refractivity contribution is 5.84. The molecule has 0 unspecified atom stereocenters.